The van der Waals surface area contributed by atoms with Gasteiger partial charge in [0.2, 0.25) is 0 Å². The van der Waals surface area contributed by atoms with Crippen LogP contribution in [0, 0.1) is 0 Å². The largest absolute Gasteiger partial charge is 0.491 e. The van der Waals surface area contributed by atoms with Gasteiger partial charge in [-0.3, -0.25) is 0 Å². The minimum Gasteiger partial charge on any atom is -0.491 e. The van der Waals surface area contributed by atoms with E-state index in [0.717, 1.165) is 12.3 Å². The van der Waals surface area contributed by atoms with Crippen LogP contribution in [0.1, 0.15) is 10.9 Å². The molecule has 2 rings (SSSR count). The maximum Gasteiger partial charge on any atom is 0.171 e. The fourth-order valence-electron chi connectivity index (χ4n) is 2.36. The highest BCUT2D eigenvalue weighted by atomic mass is 32.1. The number of aliphatic hydroxyl groups is 1. The van der Waals surface area contributed by atoms with E-state index in [1.807, 2.05) is 30.3 Å². The van der Waals surface area contributed by atoms with Crippen LogP contribution < -0.4 is 15.0 Å². The lowest BCUT2D eigenvalue weighted by atomic mass is 10.2. The van der Waals surface area contributed by atoms with Crippen LogP contribution in [0.3, 0.4) is 0 Å². The number of rotatable bonds is 9. The summed E-state index contributed by atoms with van der Waals surface area (Å²) in [4.78, 5) is 2.81. The van der Waals surface area contributed by atoms with Crippen LogP contribution in [-0.4, -0.2) is 45.0 Å². The molecule has 0 saturated heterocycles. The van der Waals surface area contributed by atoms with E-state index in [4.69, 9.17) is 4.74 Å². The quantitative estimate of drug-likeness (QED) is 0.606. The fraction of sp³-hybridized carbons (Fsp3) is 0.412. The molecule has 4 N–H and O–H groups in total. The lowest BCUT2D eigenvalue weighted by Gasteiger charge is -2.19. The Labute approximate surface area is 136 Å². The molecular formula is C17H26N2O2S+2. The molecule has 4 nitrogen and oxygen atoms in total. The number of benzene rings is 1. The standard InChI is InChI=1S/C17H24N2O2S/c1-19(2)16(17-9-6-10-22-17)12-18-11-14(20)13-21-15-7-4-3-5-8-15/h3-10,14,16,18,20H,11-13H2,1-2H3/p+2/t14-,16+/m0/s1. The zero-order chi connectivity index (χ0) is 15.8. The number of quaternary nitrogens is 2. The van der Waals surface area contributed by atoms with Crippen molar-refractivity contribution in [2.75, 3.05) is 33.8 Å². The summed E-state index contributed by atoms with van der Waals surface area (Å²) < 4.78 is 5.57. The molecule has 2 atom stereocenters. The molecule has 1 heterocycles. The molecule has 120 valence electrons. The van der Waals surface area contributed by atoms with Gasteiger partial charge in [0.25, 0.3) is 0 Å². The first-order valence-electron chi connectivity index (χ1n) is 7.68. The second kappa shape index (κ2) is 8.90. The van der Waals surface area contributed by atoms with Crippen LogP contribution in [0.4, 0.5) is 0 Å². The van der Waals surface area contributed by atoms with Crippen LogP contribution in [0.2, 0.25) is 0 Å². The summed E-state index contributed by atoms with van der Waals surface area (Å²) in [5, 5.41) is 14.3. The van der Waals surface area contributed by atoms with Crippen molar-refractivity contribution in [1.82, 2.24) is 0 Å². The number of ether oxygens (including phenoxy) is 1. The minimum absolute atomic E-state index is 0.332. The van der Waals surface area contributed by atoms with Crippen molar-refractivity contribution in [3.8, 4) is 5.75 Å². The van der Waals surface area contributed by atoms with Crippen molar-refractivity contribution >= 4 is 11.3 Å². The maximum atomic E-state index is 10.0. The van der Waals surface area contributed by atoms with E-state index in [0.29, 0.717) is 19.2 Å². The molecule has 2 aromatic rings. The topological polar surface area (TPSA) is 50.5 Å². The normalized spacial score (nSPS) is 14.0. The van der Waals surface area contributed by atoms with Gasteiger partial charge in [-0.2, -0.15) is 0 Å². The average molecular weight is 322 g/mol. The SMILES string of the molecule is C[NH+](C)[C@H](C[NH2+]C[C@H](O)COc1ccccc1)c1cccs1. The van der Waals surface area contributed by atoms with E-state index < -0.39 is 6.10 Å². The summed E-state index contributed by atoms with van der Waals surface area (Å²) in [5.41, 5.74) is 0. The van der Waals surface area contributed by atoms with Crippen LogP contribution in [0.5, 0.6) is 5.75 Å². The van der Waals surface area contributed by atoms with Gasteiger partial charge in [-0.1, -0.05) is 24.3 Å². The van der Waals surface area contributed by atoms with Gasteiger partial charge in [-0.15, -0.1) is 11.3 Å². The molecule has 0 spiro atoms. The summed E-state index contributed by atoms with van der Waals surface area (Å²) in [6, 6.07) is 14.4. The van der Waals surface area contributed by atoms with Crippen molar-refractivity contribution in [1.29, 1.82) is 0 Å². The first kappa shape index (κ1) is 17.0. The summed E-state index contributed by atoms with van der Waals surface area (Å²) in [5.74, 6) is 0.802. The number of thiophene rings is 1. The zero-order valence-corrected chi connectivity index (χ0v) is 14.1. The third-order valence-corrected chi connectivity index (χ3v) is 4.60. The minimum atomic E-state index is -0.457. The molecular weight excluding hydrogens is 296 g/mol. The second-order valence-electron chi connectivity index (χ2n) is 5.68. The van der Waals surface area contributed by atoms with Crippen LogP contribution in [-0.2, 0) is 0 Å². The smallest absolute Gasteiger partial charge is 0.171 e. The molecule has 1 aromatic carbocycles. The Kier molecular flexibility index (Phi) is 6.86. The van der Waals surface area contributed by atoms with Crippen molar-refractivity contribution in [2.24, 2.45) is 0 Å². The van der Waals surface area contributed by atoms with E-state index in [1.165, 1.54) is 9.78 Å². The highest BCUT2D eigenvalue weighted by Crippen LogP contribution is 2.14. The Morgan fingerprint density at radius 1 is 1.14 bits per heavy atom. The molecule has 0 radical (unpaired) electrons. The molecule has 0 aliphatic heterocycles. The Bertz CT molecular complexity index is 517. The highest BCUT2D eigenvalue weighted by Gasteiger charge is 2.21. The van der Waals surface area contributed by atoms with Crippen molar-refractivity contribution in [2.45, 2.75) is 12.1 Å². The molecule has 1 aromatic heterocycles. The fourth-order valence-corrected chi connectivity index (χ4v) is 3.33. The summed E-state index contributed by atoms with van der Waals surface area (Å²) in [7, 11) is 4.35. The predicted molar refractivity (Wildman–Crippen MR) is 89.5 cm³/mol. The van der Waals surface area contributed by atoms with E-state index >= 15 is 0 Å². The van der Waals surface area contributed by atoms with Gasteiger partial charge >= 0.3 is 0 Å². The Balaban J connectivity index is 1.70. The second-order valence-corrected chi connectivity index (χ2v) is 6.66. The first-order chi connectivity index (χ1) is 10.7. The van der Waals surface area contributed by atoms with Gasteiger partial charge in [0.1, 0.15) is 31.5 Å². The van der Waals surface area contributed by atoms with Crippen LogP contribution in [0.25, 0.3) is 0 Å². The van der Waals surface area contributed by atoms with Crippen molar-refractivity contribution < 1.29 is 20.1 Å². The molecule has 0 amide bonds. The van der Waals surface area contributed by atoms with Gasteiger partial charge in [-0.05, 0) is 23.6 Å². The molecule has 0 unspecified atom stereocenters. The zero-order valence-electron chi connectivity index (χ0n) is 13.2. The molecule has 0 bridgehead atoms. The van der Waals surface area contributed by atoms with Crippen LogP contribution in [0.15, 0.2) is 47.8 Å². The Morgan fingerprint density at radius 3 is 2.55 bits per heavy atom. The summed E-state index contributed by atoms with van der Waals surface area (Å²) in [6.07, 6.45) is -0.457. The first-order valence-corrected chi connectivity index (χ1v) is 8.56. The molecule has 0 fully saturated rings. The number of para-hydroxylation sites is 1. The lowest BCUT2D eigenvalue weighted by Crippen LogP contribution is -3.09. The number of likely N-dealkylation sites (N-methyl/N-ethyl adjacent to an activating group) is 1. The number of hydrogen-bond donors (Lipinski definition) is 3. The van der Waals surface area contributed by atoms with Gasteiger partial charge in [-0.25, -0.2) is 0 Å². The Morgan fingerprint density at radius 2 is 1.91 bits per heavy atom. The summed E-state index contributed by atoms with van der Waals surface area (Å²) in [6.45, 7) is 1.95. The van der Waals surface area contributed by atoms with Gasteiger partial charge in [0.05, 0.1) is 19.0 Å². The van der Waals surface area contributed by atoms with Crippen molar-refractivity contribution in [3.05, 3.63) is 52.7 Å². The number of nitrogens with two attached hydrogens (primary N) is 1. The van der Waals surface area contributed by atoms with E-state index in [9.17, 15) is 5.11 Å². The molecule has 22 heavy (non-hydrogen) atoms. The maximum absolute atomic E-state index is 10.0. The number of hydrogen-bond acceptors (Lipinski definition) is 3. The summed E-state index contributed by atoms with van der Waals surface area (Å²) >= 11 is 1.80. The highest BCUT2D eigenvalue weighted by molar-refractivity contribution is 7.10. The number of aliphatic hydroxyl groups excluding tert-OH is 1. The lowest BCUT2D eigenvalue weighted by molar-refractivity contribution is -0.909. The van der Waals surface area contributed by atoms with Gasteiger partial charge in [0, 0.05) is 0 Å². The van der Waals surface area contributed by atoms with Gasteiger partial charge in [0.15, 0.2) is 6.04 Å². The van der Waals surface area contributed by atoms with Crippen LogP contribution >= 0.6 is 11.3 Å². The third kappa shape index (κ3) is 5.42. The third-order valence-electron chi connectivity index (χ3n) is 3.61. The molecule has 5 heteroatoms. The molecule has 0 aliphatic carbocycles. The van der Waals surface area contributed by atoms with E-state index in [-0.39, 0.29) is 0 Å². The predicted octanol–water partition coefficient (Wildman–Crippen LogP) is -0.0630. The van der Waals surface area contributed by atoms with E-state index in [2.05, 4.69) is 36.9 Å². The van der Waals surface area contributed by atoms with Gasteiger partial charge < -0.3 is 20.1 Å². The van der Waals surface area contributed by atoms with E-state index in [1.54, 1.807) is 11.3 Å². The monoisotopic (exact) mass is 322 g/mol. The average Bonchev–Trinajstić information content (AvgIpc) is 3.04. The Hall–Kier alpha value is -1.40. The van der Waals surface area contributed by atoms with Crippen molar-refractivity contribution in [3.63, 3.8) is 0 Å². The molecule has 0 saturated carbocycles. The molecule has 0 aliphatic rings. The number of nitrogens with one attached hydrogen (secondary N) is 1.